The number of benzene rings is 3. The number of rotatable bonds is 7. The van der Waals surface area contributed by atoms with Gasteiger partial charge in [-0.1, -0.05) is 78.9 Å². The maximum Gasteiger partial charge on any atom is 0.332 e. The lowest BCUT2D eigenvalue weighted by molar-refractivity contribution is -0.145. The van der Waals surface area contributed by atoms with Gasteiger partial charge >= 0.3 is 11.9 Å². The second-order valence-electron chi connectivity index (χ2n) is 6.99. The average Bonchev–Trinajstić information content (AvgIpc) is 2.71. The highest BCUT2D eigenvalue weighted by Crippen LogP contribution is 2.40. The van der Waals surface area contributed by atoms with E-state index in [1.165, 1.54) is 0 Å². The zero-order chi connectivity index (χ0) is 21.2. The number of hydrogen-bond acceptors (Lipinski definition) is 3. The molecule has 0 aliphatic rings. The minimum absolute atomic E-state index is 0.232. The summed E-state index contributed by atoms with van der Waals surface area (Å²) in [7, 11) is 0. The predicted molar refractivity (Wildman–Crippen MR) is 110 cm³/mol. The van der Waals surface area contributed by atoms with Crippen LogP contribution in [0.5, 0.6) is 0 Å². The van der Waals surface area contributed by atoms with Gasteiger partial charge in [0.1, 0.15) is 5.41 Å². The van der Waals surface area contributed by atoms with Crippen LogP contribution in [0.15, 0.2) is 78.9 Å². The van der Waals surface area contributed by atoms with E-state index in [0.717, 1.165) is 10.9 Å². The van der Waals surface area contributed by atoms with E-state index in [1.807, 2.05) is 6.92 Å². The number of fused-ring (bicyclic) bond motifs is 1. The van der Waals surface area contributed by atoms with Crippen LogP contribution in [0.25, 0.3) is 10.8 Å². The number of carboxylic acid groups (broad SMARTS) is 2. The zero-order valence-electron chi connectivity index (χ0n) is 15.9. The van der Waals surface area contributed by atoms with Gasteiger partial charge in [-0.05, 0) is 23.3 Å². The number of aryl methyl sites for hydroxylation is 1. The summed E-state index contributed by atoms with van der Waals surface area (Å²) in [5.74, 6) is -3.36. The van der Waals surface area contributed by atoms with Crippen molar-refractivity contribution in [3.05, 3.63) is 95.6 Å². The molecule has 5 nitrogen and oxygen atoms in total. The molecule has 3 aromatic rings. The van der Waals surface area contributed by atoms with E-state index < -0.39 is 35.1 Å². The number of Topliss-reactive ketones (excluding diaryl/α,β-unsaturated/α-hetero) is 1. The lowest BCUT2D eigenvalue weighted by Crippen LogP contribution is -2.42. The topological polar surface area (TPSA) is 91.7 Å². The molecule has 0 saturated heterocycles. The van der Waals surface area contributed by atoms with Crippen LogP contribution in [0.3, 0.4) is 0 Å². The minimum atomic E-state index is -2.10. The monoisotopic (exact) mass is 388 g/mol. The van der Waals surface area contributed by atoms with E-state index in [0.29, 0.717) is 10.9 Å². The number of carbonyl (C=O) groups is 3. The first-order valence-electron chi connectivity index (χ1n) is 9.01. The van der Waals surface area contributed by atoms with E-state index in [1.54, 1.807) is 66.7 Å². The Morgan fingerprint density at radius 3 is 2.14 bits per heavy atom. The summed E-state index contributed by atoms with van der Waals surface area (Å²) in [6.45, 7) is 5.43. The molecule has 0 aliphatic heterocycles. The molecular weight excluding hydrogens is 368 g/mol. The Morgan fingerprint density at radius 2 is 1.52 bits per heavy atom. The second-order valence-corrected chi connectivity index (χ2v) is 6.99. The van der Waals surface area contributed by atoms with Crippen LogP contribution in [0.2, 0.25) is 0 Å². The molecule has 0 fully saturated rings. The molecule has 29 heavy (non-hydrogen) atoms. The van der Waals surface area contributed by atoms with Crippen molar-refractivity contribution in [2.45, 2.75) is 18.8 Å². The molecule has 5 heteroatoms. The minimum Gasteiger partial charge on any atom is -0.480 e. The molecule has 1 unspecified atom stereocenters. The van der Waals surface area contributed by atoms with Gasteiger partial charge in [-0.15, -0.1) is 0 Å². The maximum absolute atomic E-state index is 13.0. The highest BCUT2D eigenvalue weighted by molar-refractivity contribution is 6.09. The summed E-state index contributed by atoms with van der Waals surface area (Å²) in [5, 5.41) is 21.2. The van der Waals surface area contributed by atoms with Gasteiger partial charge in [0, 0.05) is 12.0 Å². The number of carbonyl (C=O) groups excluding carboxylic acids is 1. The van der Waals surface area contributed by atoms with E-state index in [-0.39, 0.29) is 5.56 Å². The summed E-state index contributed by atoms with van der Waals surface area (Å²) in [6.07, 6.45) is -0.551. The number of carboxylic acids is 2. The highest BCUT2D eigenvalue weighted by Gasteiger charge is 2.48. The summed E-state index contributed by atoms with van der Waals surface area (Å²) in [4.78, 5) is 37.4. The summed E-state index contributed by atoms with van der Waals surface area (Å²) < 4.78 is 0. The molecule has 1 atom stereocenters. The Hall–Kier alpha value is -3.73. The Bertz CT molecular complexity index is 1120. The smallest absolute Gasteiger partial charge is 0.332 e. The van der Waals surface area contributed by atoms with E-state index in [2.05, 4.69) is 6.58 Å². The lowest BCUT2D eigenvalue weighted by atomic mass is 9.69. The maximum atomic E-state index is 13.0. The molecule has 146 valence electrons. The van der Waals surface area contributed by atoms with Crippen LogP contribution in [0.4, 0.5) is 0 Å². The third-order valence-electron chi connectivity index (χ3n) is 5.19. The zero-order valence-corrected chi connectivity index (χ0v) is 15.9. The first-order valence-corrected chi connectivity index (χ1v) is 9.01. The molecule has 2 N–H and O–H groups in total. The molecule has 0 spiro atoms. The second kappa shape index (κ2) is 7.72. The van der Waals surface area contributed by atoms with E-state index in [4.69, 9.17) is 0 Å². The molecule has 0 saturated carbocycles. The normalized spacial score (nSPS) is 12.9. The fourth-order valence-corrected chi connectivity index (χ4v) is 3.55. The molecular formula is C24H20O5. The van der Waals surface area contributed by atoms with Crippen molar-refractivity contribution in [2.24, 2.45) is 0 Å². The van der Waals surface area contributed by atoms with Crippen LogP contribution >= 0.6 is 0 Å². The van der Waals surface area contributed by atoms with Crippen molar-refractivity contribution in [1.82, 2.24) is 0 Å². The molecule has 3 aromatic carbocycles. The van der Waals surface area contributed by atoms with Gasteiger partial charge in [0.2, 0.25) is 0 Å². The molecule has 0 radical (unpaired) electrons. The summed E-state index contributed by atoms with van der Waals surface area (Å²) >= 11 is 0. The Labute approximate surface area is 167 Å². The van der Waals surface area contributed by atoms with Gasteiger partial charge in [-0.25, -0.2) is 4.79 Å². The Kier molecular flexibility index (Phi) is 5.33. The van der Waals surface area contributed by atoms with Crippen molar-refractivity contribution >= 4 is 28.5 Å². The highest BCUT2D eigenvalue weighted by atomic mass is 16.4. The van der Waals surface area contributed by atoms with Gasteiger partial charge in [0.05, 0.1) is 5.57 Å². The van der Waals surface area contributed by atoms with Gasteiger partial charge in [-0.3, -0.25) is 9.59 Å². The van der Waals surface area contributed by atoms with E-state index >= 15 is 0 Å². The number of ketones is 1. The lowest BCUT2D eigenvalue weighted by Gasteiger charge is -2.31. The van der Waals surface area contributed by atoms with Crippen molar-refractivity contribution in [3.8, 4) is 0 Å². The fourth-order valence-electron chi connectivity index (χ4n) is 3.55. The van der Waals surface area contributed by atoms with Gasteiger partial charge < -0.3 is 10.2 Å². The van der Waals surface area contributed by atoms with Crippen molar-refractivity contribution in [2.75, 3.05) is 0 Å². The SMILES string of the molecule is C=C(C(=O)O)C(CC(=O)c1ccc(C)cc1)(C(=O)O)c1cccc2ccccc12. The largest absolute Gasteiger partial charge is 0.480 e. The van der Waals surface area contributed by atoms with Gasteiger partial charge in [0.25, 0.3) is 0 Å². The fraction of sp³-hybridized carbons (Fsp3) is 0.125. The third kappa shape index (κ3) is 3.55. The third-order valence-corrected chi connectivity index (χ3v) is 5.19. The van der Waals surface area contributed by atoms with Crippen LogP contribution < -0.4 is 0 Å². The average molecular weight is 388 g/mol. The summed E-state index contributed by atoms with van der Waals surface area (Å²) in [6, 6.07) is 18.8. The predicted octanol–water partition coefficient (Wildman–Crippen LogP) is 4.38. The number of aliphatic carboxylic acids is 2. The van der Waals surface area contributed by atoms with Crippen molar-refractivity contribution in [3.63, 3.8) is 0 Å². The first kappa shape index (κ1) is 20.0. The van der Waals surface area contributed by atoms with Crippen molar-refractivity contribution < 1.29 is 24.6 Å². The Balaban J connectivity index is 2.25. The molecule has 3 rings (SSSR count). The molecule has 0 aromatic heterocycles. The van der Waals surface area contributed by atoms with Crippen LogP contribution in [-0.2, 0) is 15.0 Å². The van der Waals surface area contributed by atoms with Crippen LogP contribution in [0, 0.1) is 6.92 Å². The standard InChI is InChI=1S/C24H20O5/c1-15-10-12-18(13-11-15)21(25)14-24(23(28)29,16(2)22(26)27)20-9-5-7-17-6-3-4-8-19(17)20/h3-13H,2,14H2,1H3,(H,26,27)(H,28,29). The van der Waals surface area contributed by atoms with Crippen molar-refractivity contribution in [1.29, 1.82) is 0 Å². The van der Waals surface area contributed by atoms with Gasteiger partial charge in [0.15, 0.2) is 5.78 Å². The van der Waals surface area contributed by atoms with Gasteiger partial charge in [-0.2, -0.15) is 0 Å². The van der Waals surface area contributed by atoms with Crippen LogP contribution in [0.1, 0.15) is 27.9 Å². The number of hydrogen-bond donors (Lipinski definition) is 2. The Morgan fingerprint density at radius 1 is 0.897 bits per heavy atom. The van der Waals surface area contributed by atoms with Crippen LogP contribution in [-0.4, -0.2) is 27.9 Å². The quantitative estimate of drug-likeness (QED) is 0.463. The van der Waals surface area contributed by atoms with E-state index in [9.17, 15) is 24.6 Å². The molecule has 0 bridgehead atoms. The molecule has 0 amide bonds. The molecule has 0 aliphatic carbocycles. The molecule has 0 heterocycles. The first-order chi connectivity index (χ1) is 13.8. The summed E-state index contributed by atoms with van der Waals surface area (Å²) in [5.41, 5.74) is -1.15.